The Kier molecular flexibility index (Phi) is 6.09. The Bertz CT molecular complexity index is 444. The number of hydrogen-bond acceptors (Lipinski definition) is 1. The fraction of sp³-hybridized carbons (Fsp3) is 0.667. The van der Waals surface area contributed by atoms with Crippen molar-refractivity contribution in [2.75, 3.05) is 0 Å². The van der Waals surface area contributed by atoms with Crippen LogP contribution in [-0.2, 0) is 0 Å². The van der Waals surface area contributed by atoms with Gasteiger partial charge in [0.25, 0.3) is 0 Å². The third-order valence-corrected chi connectivity index (χ3v) is 5.55. The molecule has 1 aliphatic rings. The van der Waals surface area contributed by atoms with Gasteiger partial charge in [-0.25, -0.2) is 0 Å². The normalized spacial score (nSPS) is 17.7. The van der Waals surface area contributed by atoms with Crippen LogP contribution in [-0.4, -0.2) is 0 Å². The van der Waals surface area contributed by atoms with E-state index in [2.05, 4.69) is 34.6 Å². The fourth-order valence-corrected chi connectivity index (χ4v) is 3.76. The lowest BCUT2D eigenvalue weighted by atomic mass is 9.77. The van der Waals surface area contributed by atoms with Gasteiger partial charge >= 0.3 is 0 Å². The molecule has 1 fully saturated rings. The quantitative estimate of drug-likeness (QED) is 0.794. The minimum Gasteiger partial charge on any atom is -0.324 e. The predicted molar refractivity (Wildman–Crippen MR) is 90.9 cm³/mol. The molecule has 0 amide bonds. The summed E-state index contributed by atoms with van der Waals surface area (Å²) in [6.45, 7) is 11.2. The average molecular weight is 296 g/mol. The van der Waals surface area contributed by atoms with Crippen LogP contribution in [0, 0.1) is 40.5 Å². The summed E-state index contributed by atoms with van der Waals surface area (Å²) in [5.74, 6) is 0.688. The van der Waals surface area contributed by atoms with Crippen molar-refractivity contribution in [2.45, 2.75) is 72.8 Å². The summed E-state index contributed by atoms with van der Waals surface area (Å²) in [6, 6.07) is 0.235. The fourth-order valence-electron chi connectivity index (χ4n) is 3.76. The van der Waals surface area contributed by atoms with Crippen molar-refractivity contribution < 1.29 is 0 Å². The highest BCUT2D eigenvalue weighted by molar-refractivity contribution is 5.85. The molecule has 0 unspecified atom stereocenters. The summed E-state index contributed by atoms with van der Waals surface area (Å²) < 4.78 is 0. The third kappa shape index (κ3) is 3.04. The van der Waals surface area contributed by atoms with Crippen molar-refractivity contribution >= 4 is 12.4 Å². The monoisotopic (exact) mass is 295 g/mol. The second-order valence-electron chi connectivity index (χ2n) is 6.46. The molecule has 1 atom stereocenters. The van der Waals surface area contributed by atoms with Gasteiger partial charge in [0.2, 0.25) is 0 Å². The summed E-state index contributed by atoms with van der Waals surface area (Å²) in [6.07, 6.45) is 6.74. The Morgan fingerprint density at radius 2 is 1.15 bits per heavy atom. The zero-order valence-corrected chi connectivity index (χ0v) is 14.5. The van der Waals surface area contributed by atoms with Gasteiger partial charge in [-0.15, -0.1) is 12.4 Å². The second kappa shape index (κ2) is 6.95. The summed E-state index contributed by atoms with van der Waals surface area (Å²) in [7, 11) is 0. The molecule has 0 aliphatic heterocycles. The lowest BCUT2D eigenvalue weighted by Gasteiger charge is -2.31. The van der Waals surface area contributed by atoms with Crippen molar-refractivity contribution in [2.24, 2.45) is 11.7 Å². The first-order valence-electron chi connectivity index (χ1n) is 7.77. The third-order valence-electron chi connectivity index (χ3n) is 5.55. The zero-order chi connectivity index (χ0) is 14.2. The number of benzene rings is 1. The molecular formula is C18H30ClN. The standard InChI is InChI=1S/C18H29N.ClH/c1-11-12(2)14(4)17(15(5)13(11)3)18(19)16-9-7-6-8-10-16;/h16,18H,6-10,19H2,1-5H3;1H/t18-;/m1./s1. The molecule has 0 aromatic heterocycles. The Hall–Kier alpha value is -0.530. The summed E-state index contributed by atoms with van der Waals surface area (Å²) in [4.78, 5) is 0. The highest BCUT2D eigenvalue weighted by Gasteiger charge is 2.25. The summed E-state index contributed by atoms with van der Waals surface area (Å²) >= 11 is 0. The zero-order valence-electron chi connectivity index (χ0n) is 13.7. The molecule has 1 aliphatic carbocycles. The van der Waals surface area contributed by atoms with Crippen LogP contribution in [0.4, 0.5) is 0 Å². The molecule has 0 heterocycles. The Balaban J connectivity index is 0.00000200. The number of rotatable bonds is 2. The van der Waals surface area contributed by atoms with Crippen LogP contribution in [0.15, 0.2) is 0 Å². The first-order chi connectivity index (χ1) is 8.95. The molecule has 1 saturated carbocycles. The second-order valence-corrected chi connectivity index (χ2v) is 6.46. The molecule has 1 aromatic carbocycles. The maximum atomic E-state index is 6.66. The predicted octanol–water partition coefficient (Wildman–Crippen LogP) is 5.23. The SMILES string of the molecule is Cc1c(C)c(C)c([C@H](N)C2CCCCC2)c(C)c1C.Cl. The van der Waals surface area contributed by atoms with Gasteiger partial charge in [0, 0.05) is 6.04 Å². The van der Waals surface area contributed by atoms with Crippen LogP contribution in [0.3, 0.4) is 0 Å². The molecular weight excluding hydrogens is 266 g/mol. The van der Waals surface area contributed by atoms with Gasteiger partial charge in [-0.3, -0.25) is 0 Å². The lowest BCUT2D eigenvalue weighted by molar-refractivity contribution is 0.307. The molecule has 2 rings (SSSR count). The molecule has 0 spiro atoms. The van der Waals surface area contributed by atoms with E-state index in [9.17, 15) is 0 Å². The Labute approximate surface area is 130 Å². The topological polar surface area (TPSA) is 26.0 Å². The van der Waals surface area contributed by atoms with Crippen molar-refractivity contribution in [3.8, 4) is 0 Å². The van der Waals surface area contributed by atoms with Crippen LogP contribution in [0.2, 0.25) is 0 Å². The number of hydrogen-bond donors (Lipinski definition) is 1. The minimum atomic E-state index is 0. The lowest BCUT2D eigenvalue weighted by Crippen LogP contribution is -2.26. The molecule has 20 heavy (non-hydrogen) atoms. The van der Waals surface area contributed by atoms with Gasteiger partial charge in [0.1, 0.15) is 0 Å². The average Bonchev–Trinajstić information content (AvgIpc) is 2.44. The van der Waals surface area contributed by atoms with E-state index < -0.39 is 0 Å². The van der Waals surface area contributed by atoms with Crippen molar-refractivity contribution in [1.29, 1.82) is 0 Å². The van der Waals surface area contributed by atoms with Crippen LogP contribution < -0.4 is 5.73 Å². The van der Waals surface area contributed by atoms with Crippen LogP contribution >= 0.6 is 12.4 Å². The van der Waals surface area contributed by atoms with Gasteiger partial charge in [0.05, 0.1) is 0 Å². The van der Waals surface area contributed by atoms with Crippen molar-refractivity contribution in [1.82, 2.24) is 0 Å². The largest absolute Gasteiger partial charge is 0.324 e. The van der Waals surface area contributed by atoms with Crippen LogP contribution in [0.1, 0.15) is 71.5 Å². The van der Waals surface area contributed by atoms with Crippen LogP contribution in [0.25, 0.3) is 0 Å². The molecule has 0 saturated heterocycles. The van der Waals surface area contributed by atoms with Crippen molar-refractivity contribution in [3.05, 3.63) is 33.4 Å². The van der Waals surface area contributed by atoms with E-state index in [1.807, 2.05) is 0 Å². The molecule has 0 bridgehead atoms. The molecule has 0 radical (unpaired) electrons. The van der Waals surface area contributed by atoms with E-state index in [4.69, 9.17) is 5.73 Å². The highest BCUT2D eigenvalue weighted by atomic mass is 35.5. The van der Waals surface area contributed by atoms with E-state index in [1.54, 1.807) is 0 Å². The van der Waals surface area contributed by atoms with Gasteiger partial charge in [0.15, 0.2) is 0 Å². The number of nitrogens with two attached hydrogens (primary N) is 1. The molecule has 1 aromatic rings. The van der Waals surface area contributed by atoms with E-state index >= 15 is 0 Å². The van der Waals surface area contributed by atoms with Gasteiger partial charge in [-0.1, -0.05) is 19.3 Å². The summed E-state index contributed by atoms with van der Waals surface area (Å²) in [5, 5.41) is 0. The van der Waals surface area contributed by atoms with Gasteiger partial charge < -0.3 is 5.73 Å². The van der Waals surface area contributed by atoms with Gasteiger partial charge in [-0.2, -0.15) is 0 Å². The minimum absolute atomic E-state index is 0. The number of halogens is 1. The van der Waals surface area contributed by atoms with E-state index in [0.717, 1.165) is 0 Å². The Morgan fingerprint density at radius 1 is 0.750 bits per heavy atom. The maximum absolute atomic E-state index is 6.66. The first kappa shape index (κ1) is 17.5. The molecule has 2 heteroatoms. The van der Waals surface area contributed by atoms with E-state index in [0.29, 0.717) is 5.92 Å². The Morgan fingerprint density at radius 3 is 1.60 bits per heavy atom. The summed E-state index contributed by atoms with van der Waals surface area (Å²) in [5.41, 5.74) is 15.3. The van der Waals surface area contributed by atoms with Crippen molar-refractivity contribution in [3.63, 3.8) is 0 Å². The first-order valence-corrected chi connectivity index (χ1v) is 7.77. The molecule has 2 N–H and O–H groups in total. The smallest absolute Gasteiger partial charge is 0.0328 e. The van der Waals surface area contributed by atoms with Crippen LogP contribution in [0.5, 0.6) is 0 Å². The molecule has 114 valence electrons. The maximum Gasteiger partial charge on any atom is 0.0328 e. The highest BCUT2D eigenvalue weighted by Crippen LogP contribution is 2.37. The van der Waals surface area contributed by atoms with Gasteiger partial charge in [-0.05, 0) is 86.8 Å². The van der Waals surface area contributed by atoms with E-state index in [1.165, 1.54) is 65.5 Å². The molecule has 1 nitrogen and oxygen atoms in total. The van der Waals surface area contributed by atoms with E-state index in [-0.39, 0.29) is 18.4 Å².